The van der Waals surface area contributed by atoms with Crippen LogP contribution in [0.2, 0.25) is 0 Å². The SMILES string of the molecule is CCOC(=O)c1cn(C2CC2)c2c(C#CCC3CCCN3)c(F)c(F)cc2c1=O. The summed E-state index contributed by atoms with van der Waals surface area (Å²) in [5.41, 5.74) is -0.727. The molecule has 0 amide bonds. The Morgan fingerprint density at radius 3 is 2.79 bits per heavy atom. The van der Waals surface area contributed by atoms with Gasteiger partial charge in [0.15, 0.2) is 11.6 Å². The fourth-order valence-electron chi connectivity index (χ4n) is 3.77. The van der Waals surface area contributed by atoms with Gasteiger partial charge in [0.25, 0.3) is 0 Å². The van der Waals surface area contributed by atoms with E-state index in [9.17, 15) is 18.4 Å². The van der Waals surface area contributed by atoms with Gasteiger partial charge in [-0.1, -0.05) is 11.8 Å². The highest BCUT2D eigenvalue weighted by atomic mass is 19.2. The van der Waals surface area contributed by atoms with Crippen molar-refractivity contribution in [2.75, 3.05) is 13.2 Å². The van der Waals surface area contributed by atoms with Crippen molar-refractivity contribution in [3.63, 3.8) is 0 Å². The average molecular weight is 400 g/mol. The van der Waals surface area contributed by atoms with Gasteiger partial charge in [-0.2, -0.15) is 0 Å². The number of rotatable bonds is 4. The van der Waals surface area contributed by atoms with Crippen molar-refractivity contribution in [1.29, 1.82) is 0 Å². The molecule has 1 saturated carbocycles. The minimum atomic E-state index is -1.15. The van der Waals surface area contributed by atoms with Crippen LogP contribution in [0, 0.1) is 23.5 Å². The van der Waals surface area contributed by atoms with Crippen LogP contribution >= 0.6 is 0 Å². The first-order chi connectivity index (χ1) is 14.0. The molecule has 2 aromatic rings. The Kier molecular flexibility index (Phi) is 5.37. The Morgan fingerprint density at radius 2 is 2.14 bits per heavy atom. The molecule has 152 valence electrons. The molecular formula is C22H22F2N2O3. The van der Waals surface area contributed by atoms with Gasteiger partial charge in [-0.05, 0) is 45.2 Å². The van der Waals surface area contributed by atoms with Crippen molar-refractivity contribution >= 4 is 16.9 Å². The summed E-state index contributed by atoms with van der Waals surface area (Å²) in [6.45, 7) is 2.69. The Bertz CT molecular complexity index is 1090. The third-order valence-electron chi connectivity index (χ3n) is 5.37. The van der Waals surface area contributed by atoms with Gasteiger partial charge >= 0.3 is 5.97 Å². The molecule has 4 rings (SSSR count). The number of pyridine rings is 1. The van der Waals surface area contributed by atoms with E-state index >= 15 is 0 Å². The molecular weight excluding hydrogens is 378 g/mol. The number of carbonyl (C=O) groups excluding carboxylic acids is 1. The molecule has 1 atom stereocenters. The van der Waals surface area contributed by atoms with Crippen LogP contribution in [0.1, 0.15) is 61.0 Å². The highest BCUT2D eigenvalue weighted by Crippen LogP contribution is 2.38. The monoisotopic (exact) mass is 400 g/mol. The first-order valence-electron chi connectivity index (χ1n) is 9.97. The molecule has 1 aromatic carbocycles. The molecule has 1 saturated heterocycles. The highest BCUT2D eigenvalue weighted by molar-refractivity contribution is 5.95. The predicted molar refractivity (Wildman–Crippen MR) is 105 cm³/mol. The second kappa shape index (κ2) is 7.96. The molecule has 0 bridgehead atoms. The lowest BCUT2D eigenvalue weighted by molar-refractivity contribution is 0.0524. The molecule has 5 nitrogen and oxygen atoms in total. The van der Waals surface area contributed by atoms with Gasteiger partial charge < -0.3 is 14.6 Å². The molecule has 1 aliphatic carbocycles. The molecule has 1 aromatic heterocycles. The number of ether oxygens (including phenoxy) is 1. The largest absolute Gasteiger partial charge is 0.462 e. The number of aromatic nitrogens is 1. The van der Waals surface area contributed by atoms with Crippen molar-refractivity contribution in [1.82, 2.24) is 9.88 Å². The van der Waals surface area contributed by atoms with E-state index in [0.29, 0.717) is 6.42 Å². The van der Waals surface area contributed by atoms with Crippen molar-refractivity contribution < 1.29 is 18.3 Å². The third kappa shape index (κ3) is 3.77. The third-order valence-corrected chi connectivity index (χ3v) is 5.37. The first-order valence-corrected chi connectivity index (χ1v) is 9.97. The molecule has 2 aliphatic rings. The molecule has 1 N–H and O–H groups in total. The normalized spacial score (nSPS) is 18.5. The minimum absolute atomic E-state index is 0.0215. The lowest BCUT2D eigenvalue weighted by atomic mass is 10.0. The van der Waals surface area contributed by atoms with Gasteiger partial charge in [0.1, 0.15) is 5.56 Å². The molecule has 1 aliphatic heterocycles. The van der Waals surface area contributed by atoms with Crippen LogP contribution in [0.25, 0.3) is 10.9 Å². The molecule has 29 heavy (non-hydrogen) atoms. The van der Waals surface area contributed by atoms with Crippen LogP contribution < -0.4 is 10.7 Å². The van der Waals surface area contributed by atoms with Crippen LogP contribution in [-0.2, 0) is 4.74 Å². The van der Waals surface area contributed by atoms with Gasteiger partial charge in [-0.3, -0.25) is 4.79 Å². The zero-order valence-electron chi connectivity index (χ0n) is 16.2. The minimum Gasteiger partial charge on any atom is -0.462 e. The molecule has 2 heterocycles. The number of nitrogens with zero attached hydrogens (tertiary/aromatic N) is 1. The zero-order chi connectivity index (χ0) is 20.5. The van der Waals surface area contributed by atoms with Crippen LogP contribution in [0.3, 0.4) is 0 Å². The van der Waals surface area contributed by atoms with E-state index in [1.54, 1.807) is 11.5 Å². The molecule has 0 radical (unpaired) electrons. The summed E-state index contributed by atoms with van der Waals surface area (Å²) < 4.78 is 35.7. The van der Waals surface area contributed by atoms with Crippen LogP contribution in [-0.4, -0.2) is 29.7 Å². The summed E-state index contributed by atoms with van der Waals surface area (Å²) in [7, 11) is 0. The van der Waals surface area contributed by atoms with Crippen LogP contribution in [0.15, 0.2) is 17.1 Å². The van der Waals surface area contributed by atoms with E-state index in [2.05, 4.69) is 17.2 Å². The Morgan fingerprint density at radius 1 is 1.34 bits per heavy atom. The molecule has 1 unspecified atom stereocenters. The van der Waals surface area contributed by atoms with Crippen molar-refractivity contribution in [3.05, 3.63) is 45.2 Å². The van der Waals surface area contributed by atoms with Crippen molar-refractivity contribution in [2.45, 2.75) is 51.1 Å². The lowest BCUT2D eigenvalue weighted by Crippen LogP contribution is -2.22. The smallest absolute Gasteiger partial charge is 0.343 e. The highest BCUT2D eigenvalue weighted by Gasteiger charge is 2.29. The Balaban J connectivity index is 1.90. The molecule has 0 spiro atoms. The zero-order valence-corrected chi connectivity index (χ0v) is 16.2. The van der Waals surface area contributed by atoms with Gasteiger partial charge in [0.2, 0.25) is 5.43 Å². The lowest BCUT2D eigenvalue weighted by Gasteiger charge is -2.15. The van der Waals surface area contributed by atoms with Crippen LogP contribution in [0.4, 0.5) is 8.78 Å². The van der Waals surface area contributed by atoms with E-state index < -0.39 is 23.0 Å². The number of halogens is 2. The van der Waals surface area contributed by atoms with Gasteiger partial charge in [-0.25, -0.2) is 13.6 Å². The van der Waals surface area contributed by atoms with Crippen molar-refractivity contribution in [3.8, 4) is 11.8 Å². The second-order valence-electron chi connectivity index (χ2n) is 7.47. The Labute approximate surface area is 167 Å². The van der Waals surface area contributed by atoms with Crippen LogP contribution in [0.5, 0.6) is 0 Å². The Hall–Kier alpha value is -2.72. The fraction of sp³-hybridized carbons (Fsp3) is 0.455. The number of hydrogen-bond acceptors (Lipinski definition) is 4. The number of carbonyl (C=O) groups is 1. The van der Waals surface area contributed by atoms with Crippen molar-refractivity contribution in [2.24, 2.45) is 0 Å². The van der Waals surface area contributed by atoms with E-state index in [4.69, 9.17) is 4.74 Å². The summed E-state index contributed by atoms with van der Waals surface area (Å²) in [4.78, 5) is 25.1. The average Bonchev–Trinajstić information content (AvgIpc) is 3.41. The molecule has 7 heteroatoms. The van der Waals surface area contributed by atoms with Gasteiger partial charge in [0.05, 0.1) is 23.1 Å². The maximum absolute atomic E-state index is 14.7. The second-order valence-corrected chi connectivity index (χ2v) is 7.47. The van der Waals surface area contributed by atoms with Gasteiger partial charge in [0, 0.05) is 24.7 Å². The quantitative estimate of drug-likeness (QED) is 0.632. The van der Waals surface area contributed by atoms with Gasteiger partial charge in [-0.15, -0.1) is 0 Å². The molecule has 2 fully saturated rings. The number of fused-ring (bicyclic) bond motifs is 1. The maximum atomic E-state index is 14.7. The topological polar surface area (TPSA) is 60.3 Å². The number of nitrogens with one attached hydrogen (secondary N) is 1. The predicted octanol–water partition coefficient (Wildman–Crippen LogP) is 3.28. The summed E-state index contributed by atoms with van der Waals surface area (Å²) in [6.07, 6.45) is 5.65. The van der Waals surface area contributed by atoms with E-state index in [1.807, 2.05) is 0 Å². The van der Waals surface area contributed by atoms with E-state index in [1.165, 1.54) is 6.20 Å². The summed E-state index contributed by atoms with van der Waals surface area (Å²) in [6, 6.07) is 1.12. The number of benzene rings is 1. The number of esters is 1. The standard InChI is InChI=1S/C22H22F2N2O3/c1-2-29-22(28)17-12-26(14-8-9-14)20-15(7-3-5-13-6-4-10-25-13)19(24)18(23)11-16(20)21(17)27/h11-14,25H,2,4-6,8-10H2,1H3. The fourth-order valence-corrected chi connectivity index (χ4v) is 3.77. The summed E-state index contributed by atoms with van der Waals surface area (Å²) >= 11 is 0. The number of hydrogen-bond donors (Lipinski definition) is 1. The van der Waals surface area contributed by atoms with E-state index in [-0.39, 0.29) is 40.7 Å². The maximum Gasteiger partial charge on any atom is 0.343 e. The van der Waals surface area contributed by atoms with E-state index in [0.717, 1.165) is 38.3 Å². The summed E-state index contributed by atoms with van der Waals surface area (Å²) in [5, 5.41) is 3.26. The summed E-state index contributed by atoms with van der Waals surface area (Å²) in [5.74, 6) is 2.72. The first kappa shape index (κ1) is 19.6.